The molecule has 0 saturated carbocycles. The van der Waals surface area contributed by atoms with E-state index < -0.39 is 40.5 Å². The molecule has 28 heavy (non-hydrogen) atoms. The monoisotopic (exact) mass is 392 g/mol. The number of methoxy groups -OCH3 is 1. The summed E-state index contributed by atoms with van der Waals surface area (Å²) in [6.07, 6.45) is -0.601. The van der Waals surface area contributed by atoms with Crippen LogP contribution in [0.15, 0.2) is 36.9 Å². The van der Waals surface area contributed by atoms with Gasteiger partial charge in [0.2, 0.25) is 0 Å². The number of nitro groups is 1. The average Bonchev–Trinajstić information content (AvgIpc) is 2.94. The molecule has 0 radical (unpaired) electrons. The lowest BCUT2D eigenvalue weighted by atomic mass is 9.77. The highest BCUT2D eigenvalue weighted by Crippen LogP contribution is 2.43. The first-order chi connectivity index (χ1) is 13.2. The molecule has 2 rings (SSSR count). The van der Waals surface area contributed by atoms with Crippen molar-refractivity contribution in [3.8, 4) is 0 Å². The third-order valence-corrected chi connectivity index (χ3v) is 4.85. The largest absolute Gasteiger partial charge is 0.467 e. The molecule has 1 aliphatic rings. The van der Waals surface area contributed by atoms with Crippen molar-refractivity contribution < 1.29 is 33.9 Å². The maximum absolute atomic E-state index is 12.5. The van der Waals surface area contributed by atoms with Gasteiger partial charge in [0.05, 0.1) is 24.1 Å². The Labute approximate surface area is 160 Å². The van der Waals surface area contributed by atoms with E-state index in [1.807, 2.05) is 0 Å². The summed E-state index contributed by atoms with van der Waals surface area (Å²) < 4.78 is 10.2. The van der Waals surface area contributed by atoms with Crippen LogP contribution in [0.3, 0.4) is 0 Å². The quantitative estimate of drug-likeness (QED) is 0.337. The summed E-state index contributed by atoms with van der Waals surface area (Å²) in [7, 11) is 1.15. The van der Waals surface area contributed by atoms with Gasteiger partial charge in [-0.2, -0.15) is 0 Å². The predicted octanol–water partition coefficient (Wildman–Crippen LogP) is 2.24. The van der Waals surface area contributed by atoms with Crippen LogP contribution in [0.2, 0.25) is 0 Å². The summed E-state index contributed by atoms with van der Waals surface area (Å²) in [6, 6.07) is 3.63. The highest BCUT2D eigenvalue weighted by molar-refractivity contribution is 5.90. The molecule has 1 heterocycles. The maximum Gasteiger partial charge on any atom is 0.408 e. The van der Waals surface area contributed by atoms with Crippen LogP contribution in [0, 0.1) is 15.5 Å². The van der Waals surface area contributed by atoms with Crippen LogP contribution in [0.1, 0.15) is 23.7 Å². The van der Waals surface area contributed by atoms with E-state index in [2.05, 4.69) is 6.58 Å². The van der Waals surface area contributed by atoms with Gasteiger partial charge in [-0.05, 0) is 18.6 Å². The van der Waals surface area contributed by atoms with Crippen molar-refractivity contribution >= 4 is 23.7 Å². The number of ether oxygens (including phenoxy) is 2. The summed E-state index contributed by atoms with van der Waals surface area (Å²) in [6.45, 7) is 5.03. The van der Waals surface area contributed by atoms with Crippen LogP contribution >= 0.6 is 0 Å². The first-order valence-corrected chi connectivity index (χ1v) is 8.29. The Balaban J connectivity index is 2.32. The number of hydrogen-bond acceptors (Lipinski definition) is 7. The number of carbonyl (C=O) groups is 3. The van der Waals surface area contributed by atoms with Gasteiger partial charge in [-0.3, -0.25) is 15.0 Å². The molecule has 1 saturated heterocycles. The number of amides is 1. The van der Waals surface area contributed by atoms with Crippen molar-refractivity contribution in [1.82, 2.24) is 4.90 Å². The minimum atomic E-state index is -1.35. The van der Waals surface area contributed by atoms with Crippen LogP contribution in [0.4, 0.5) is 10.5 Å². The summed E-state index contributed by atoms with van der Waals surface area (Å²) >= 11 is 0. The van der Waals surface area contributed by atoms with Crippen LogP contribution in [-0.2, 0) is 14.3 Å². The van der Waals surface area contributed by atoms with Gasteiger partial charge in [0.15, 0.2) is 0 Å². The molecule has 3 atom stereocenters. The molecule has 0 bridgehead atoms. The van der Waals surface area contributed by atoms with E-state index in [-0.39, 0.29) is 24.2 Å². The smallest absolute Gasteiger partial charge is 0.408 e. The number of non-ortho nitro benzene ring substituents is 1. The van der Waals surface area contributed by atoms with Crippen molar-refractivity contribution in [2.24, 2.45) is 5.41 Å². The molecule has 1 fully saturated rings. The number of benzene rings is 1. The minimum Gasteiger partial charge on any atom is -0.467 e. The third-order valence-electron chi connectivity index (χ3n) is 4.85. The fourth-order valence-corrected chi connectivity index (χ4v) is 3.36. The first-order valence-electron chi connectivity index (χ1n) is 8.29. The van der Waals surface area contributed by atoms with E-state index in [0.29, 0.717) is 0 Å². The summed E-state index contributed by atoms with van der Waals surface area (Å²) in [5.74, 6) is -1.55. The lowest BCUT2D eigenvalue weighted by Crippen LogP contribution is -2.48. The Morgan fingerprint density at radius 1 is 1.39 bits per heavy atom. The van der Waals surface area contributed by atoms with Crippen LogP contribution < -0.4 is 0 Å². The van der Waals surface area contributed by atoms with Crippen molar-refractivity contribution in [1.29, 1.82) is 0 Å². The molecule has 1 aliphatic heterocycles. The number of rotatable bonds is 6. The average molecular weight is 392 g/mol. The van der Waals surface area contributed by atoms with Crippen molar-refractivity contribution in [3.63, 3.8) is 0 Å². The number of allylic oxidation sites excluding steroid dienone is 1. The zero-order valence-corrected chi connectivity index (χ0v) is 15.4. The Morgan fingerprint density at radius 3 is 2.46 bits per heavy atom. The zero-order valence-electron chi connectivity index (χ0n) is 15.4. The van der Waals surface area contributed by atoms with E-state index in [1.165, 1.54) is 18.2 Å². The SMILES string of the molecule is C=CCC1(C)C(OC(=O)c2ccc([N+](=O)[O-])cc2)CN(C(=O)O)C1C(=O)OC. The van der Waals surface area contributed by atoms with Gasteiger partial charge in [-0.25, -0.2) is 14.4 Å². The van der Waals surface area contributed by atoms with E-state index in [0.717, 1.165) is 24.1 Å². The molecule has 10 nitrogen and oxygen atoms in total. The van der Waals surface area contributed by atoms with Gasteiger partial charge >= 0.3 is 18.0 Å². The number of hydrogen-bond donors (Lipinski definition) is 1. The van der Waals surface area contributed by atoms with Crippen LogP contribution in [-0.4, -0.2) is 58.8 Å². The molecule has 1 aromatic carbocycles. The van der Waals surface area contributed by atoms with Gasteiger partial charge < -0.3 is 14.6 Å². The Bertz CT molecular complexity index is 806. The second-order valence-corrected chi connectivity index (χ2v) is 6.56. The topological polar surface area (TPSA) is 136 Å². The van der Waals surface area contributed by atoms with Crippen LogP contribution in [0.25, 0.3) is 0 Å². The molecule has 1 aromatic rings. The highest BCUT2D eigenvalue weighted by atomic mass is 16.6. The molecule has 150 valence electrons. The second-order valence-electron chi connectivity index (χ2n) is 6.56. The lowest BCUT2D eigenvalue weighted by Gasteiger charge is -2.33. The second kappa shape index (κ2) is 8.07. The lowest BCUT2D eigenvalue weighted by molar-refractivity contribution is -0.384. The van der Waals surface area contributed by atoms with E-state index in [9.17, 15) is 29.6 Å². The van der Waals surface area contributed by atoms with Crippen LogP contribution in [0.5, 0.6) is 0 Å². The van der Waals surface area contributed by atoms with Crippen molar-refractivity contribution in [2.75, 3.05) is 13.7 Å². The first kappa shape index (κ1) is 20.9. The van der Waals surface area contributed by atoms with Gasteiger partial charge in [0, 0.05) is 17.5 Å². The highest BCUT2D eigenvalue weighted by Gasteiger charge is 2.58. The zero-order chi connectivity index (χ0) is 21.1. The van der Waals surface area contributed by atoms with E-state index in [4.69, 9.17) is 9.47 Å². The molecular weight excluding hydrogens is 372 g/mol. The molecule has 1 N–H and O–H groups in total. The van der Waals surface area contributed by atoms with Gasteiger partial charge in [-0.15, -0.1) is 6.58 Å². The molecule has 0 spiro atoms. The van der Waals surface area contributed by atoms with Gasteiger partial charge in [0.1, 0.15) is 12.1 Å². The number of likely N-dealkylation sites (tertiary alicyclic amines) is 1. The number of carboxylic acid groups (broad SMARTS) is 1. The minimum absolute atomic E-state index is 0.0648. The number of nitrogens with zero attached hydrogens (tertiary/aromatic N) is 2. The standard InChI is InChI=1S/C18H20N2O8/c1-4-9-18(2)13(10-19(17(23)24)14(18)16(22)27-3)28-15(21)11-5-7-12(8-6-11)20(25)26/h4-8,13-14H,1,9-10H2,2-3H3,(H,23,24). The Hall–Kier alpha value is -3.43. The summed E-state index contributed by atoms with van der Waals surface area (Å²) in [4.78, 5) is 47.4. The Kier molecular flexibility index (Phi) is 6.02. The molecule has 0 aliphatic carbocycles. The van der Waals surface area contributed by atoms with E-state index in [1.54, 1.807) is 6.92 Å². The molecule has 1 amide bonds. The molecule has 0 aromatic heterocycles. The van der Waals surface area contributed by atoms with Gasteiger partial charge in [0.25, 0.3) is 5.69 Å². The fourth-order valence-electron chi connectivity index (χ4n) is 3.36. The molecule has 3 unspecified atom stereocenters. The third kappa shape index (κ3) is 3.80. The fraction of sp³-hybridized carbons (Fsp3) is 0.389. The molecular formula is C18H20N2O8. The van der Waals surface area contributed by atoms with Crippen molar-refractivity contribution in [2.45, 2.75) is 25.5 Å². The Morgan fingerprint density at radius 2 is 2.00 bits per heavy atom. The van der Waals surface area contributed by atoms with E-state index >= 15 is 0 Å². The van der Waals surface area contributed by atoms with Crippen molar-refractivity contribution in [3.05, 3.63) is 52.6 Å². The summed E-state index contributed by atoms with van der Waals surface area (Å²) in [5.41, 5.74) is -1.21. The number of carbonyl (C=O) groups excluding carboxylic acids is 2. The number of nitro benzene ring substituents is 1. The number of esters is 2. The maximum atomic E-state index is 12.5. The summed E-state index contributed by atoms with van der Waals surface area (Å²) in [5, 5.41) is 20.2. The molecule has 10 heteroatoms. The normalized spacial score (nSPS) is 23.7. The van der Waals surface area contributed by atoms with Gasteiger partial charge in [-0.1, -0.05) is 13.0 Å². The predicted molar refractivity (Wildman–Crippen MR) is 95.8 cm³/mol.